The smallest absolute Gasteiger partial charge is 0.410 e. The Morgan fingerprint density at radius 3 is 2.54 bits per heavy atom. The van der Waals surface area contributed by atoms with Gasteiger partial charge in [-0.05, 0) is 63.3 Å². The van der Waals surface area contributed by atoms with E-state index in [1.54, 1.807) is 11.8 Å². The van der Waals surface area contributed by atoms with Crippen molar-refractivity contribution in [2.24, 2.45) is 0 Å². The highest BCUT2D eigenvalue weighted by atomic mass is 32.2. The molecule has 1 fully saturated rings. The molecule has 1 saturated heterocycles. The molecule has 210 valence electrons. The fraction of sp³-hybridized carbons (Fsp3) is 0.484. The highest BCUT2D eigenvalue weighted by Gasteiger charge is 2.40. The van der Waals surface area contributed by atoms with Gasteiger partial charge in [0, 0.05) is 37.4 Å². The van der Waals surface area contributed by atoms with Crippen LogP contribution in [0.5, 0.6) is 0 Å². The molecule has 2 aromatic rings. The summed E-state index contributed by atoms with van der Waals surface area (Å²) in [5, 5.41) is 0. The van der Waals surface area contributed by atoms with E-state index in [1.165, 1.54) is 0 Å². The van der Waals surface area contributed by atoms with Crippen molar-refractivity contribution in [1.82, 2.24) is 9.62 Å². The van der Waals surface area contributed by atoms with E-state index >= 15 is 0 Å². The van der Waals surface area contributed by atoms with E-state index in [-0.39, 0.29) is 17.6 Å². The third kappa shape index (κ3) is 8.94. The molecule has 0 radical (unpaired) electrons. The summed E-state index contributed by atoms with van der Waals surface area (Å²) in [6, 6.07) is 15.1. The Morgan fingerprint density at radius 1 is 1.10 bits per heavy atom. The zero-order chi connectivity index (χ0) is 28.6. The number of nitrogens with one attached hydrogen (secondary N) is 1. The summed E-state index contributed by atoms with van der Waals surface area (Å²) in [6.07, 6.45) is 2.05. The molecule has 8 heteroatoms. The van der Waals surface area contributed by atoms with Gasteiger partial charge >= 0.3 is 6.09 Å². The Labute approximate surface area is 233 Å². The summed E-state index contributed by atoms with van der Waals surface area (Å²) >= 11 is 0. The Hall–Kier alpha value is -3.15. The minimum absolute atomic E-state index is 0.0252. The Kier molecular flexibility index (Phi) is 10.3. The number of Topliss-reactive ketones (excluding diaryl/α,β-unsaturated/α-hetero) is 1. The van der Waals surface area contributed by atoms with Gasteiger partial charge in [-0.25, -0.2) is 17.9 Å². The molecule has 0 aliphatic carbocycles. The van der Waals surface area contributed by atoms with Crippen molar-refractivity contribution in [3.63, 3.8) is 0 Å². The fourth-order valence-electron chi connectivity index (χ4n) is 4.59. The molecule has 1 N–H and O–H groups in total. The maximum absolute atomic E-state index is 13.1. The minimum atomic E-state index is -3.45. The topological polar surface area (TPSA) is 92.8 Å². The maximum atomic E-state index is 13.1. The molecule has 2 unspecified atom stereocenters. The van der Waals surface area contributed by atoms with E-state index in [1.807, 2.05) is 70.2 Å². The van der Waals surface area contributed by atoms with E-state index in [0.717, 1.165) is 22.3 Å². The fourth-order valence-corrected chi connectivity index (χ4v) is 5.50. The number of nitrogens with zero attached hydrogens (tertiary/aromatic N) is 1. The largest absolute Gasteiger partial charge is 0.444 e. The summed E-state index contributed by atoms with van der Waals surface area (Å²) in [4.78, 5) is 26.3. The van der Waals surface area contributed by atoms with Gasteiger partial charge in [0.25, 0.3) is 0 Å². The van der Waals surface area contributed by atoms with Crippen molar-refractivity contribution in [2.45, 2.75) is 84.4 Å². The van der Waals surface area contributed by atoms with Crippen LogP contribution >= 0.6 is 0 Å². The SMILES string of the molecule is CCC(=O)CCC#Cc1ccccc1-c1cccc(CC2C(NS(=O)(=O)CC)CCN2C(=O)OC(C)(C)C)c1. The van der Waals surface area contributed by atoms with Crippen LogP contribution < -0.4 is 4.72 Å². The first-order chi connectivity index (χ1) is 18.4. The monoisotopic (exact) mass is 552 g/mol. The summed E-state index contributed by atoms with van der Waals surface area (Å²) in [6.45, 7) is 9.33. The second-order valence-corrected chi connectivity index (χ2v) is 12.8. The van der Waals surface area contributed by atoms with Gasteiger partial charge in [0.05, 0.1) is 11.8 Å². The standard InChI is InChI=1S/C31H40N2O5S/c1-6-26(34)17-10-8-14-24-15-9-11-18-27(24)25-16-12-13-23(21-25)22-29-28(32-39(36,37)7-2)19-20-33(29)30(35)38-31(3,4)5/h9,11-13,15-16,18,21,28-29,32H,6-7,10,17,19-20,22H2,1-5H3. The normalized spacial score (nSPS) is 17.4. The van der Waals surface area contributed by atoms with Crippen molar-refractivity contribution in [3.8, 4) is 23.0 Å². The van der Waals surface area contributed by atoms with E-state index in [9.17, 15) is 18.0 Å². The molecule has 0 bridgehead atoms. The number of hydrogen-bond acceptors (Lipinski definition) is 5. The molecular formula is C31H40N2O5S. The lowest BCUT2D eigenvalue weighted by atomic mass is 9.95. The van der Waals surface area contributed by atoms with E-state index in [0.29, 0.717) is 38.6 Å². The minimum Gasteiger partial charge on any atom is -0.444 e. The van der Waals surface area contributed by atoms with E-state index in [2.05, 4.69) is 22.6 Å². The van der Waals surface area contributed by atoms with Crippen LogP contribution in [-0.4, -0.2) is 55.2 Å². The molecule has 39 heavy (non-hydrogen) atoms. The van der Waals surface area contributed by atoms with Gasteiger partial charge in [0.2, 0.25) is 10.0 Å². The molecule has 0 saturated carbocycles. The number of ether oxygens (including phenoxy) is 1. The highest BCUT2D eigenvalue weighted by Crippen LogP contribution is 2.28. The Balaban J connectivity index is 1.88. The molecule has 3 rings (SSSR count). The van der Waals surface area contributed by atoms with Gasteiger partial charge < -0.3 is 9.64 Å². The number of ketones is 1. The molecule has 2 atom stereocenters. The molecule has 7 nitrogen and oxygen atoms in total. The third-order valence-corrected chi connectivity index (χ3v) is 8.06. The molecule has 1 amide bonds. The highest BCUT2D eigenvalue weighted by molar-refractivity contribution is 7.89. The van der Waals surface area contributed by atoms with Crippen LogP contribution in [0.2, 0.25) is 0 Å². The van der Waals surface area contributed by atoms with Gasteiger partial charge in [0.15, 0.2) is 0 Å². The number of carbonyl (C=O) groups excluding carboxylic acids is 2. The second kappa shape index (κ2) is 13.3. The molecule has 2 aromatic carbocycles. The predicted octanol–water partition coefficient (Wildman–Crippen LogP) is 5.32. The van der Waals surface area contributed by atoms with E-state index in [4.69, 9.17) is 4.74 Å². The van der Waals surface area contributed by atoms with Crippen molar-refractivity contribution < 1.29 is 22.7 Å². The van der Waals surface area contributed by atoms with Gasteiger partial charge in [0.1, 0.15) is 11.4 Å². The van der Waals surface area contributed by atoms with Gasteiger partial charge in [-0.3, -0.25) is 4.79 Å². The molecule has 1 heterocycles. The first-order valence-electron chi connectivity index (χ1n) is 13.6. The van der Waals surface area contributed by atoms with Gasteiger partial charge in [-0.15, -0.1) is 0 Å². The quantitative estimate of drug-likeness (QED) is 0.425. The van der Waals surface area contributed by atoms with Crippen molar-refractivity contribution in [2.75, 3.05) is 12.3 Å². The average Bonchev–Trinajstić information content (AvgIpc) is 3.27. The van der Waals surface area contributed by atoms with Crippen LogP contribution in [0, 0.1) is 11.8 Å². The Bertz CT molecular complexity index is 1330. The molecule has 0 aromatic heterocycles. The number of amides is 1. The van der Waals surface area contributed by atoms with E-state index < -0.39 is 27.8 Å². The number of rotatable bonds is 9. The van der Waals surface area contributed by atoms with Crippen LogP contribution in [0.1, 0.15) is 71.4 Å². The number of benzene rings is 2. The molecule has 1 aliphatic heterocycles. The third-order valence-electron chi connectivity index (χ3n) is 6.64. The maximum Gasteiger partial charge on any atom is 0.410 e. The van der Waals surface area contributed by atoms with Crippen LogP contribution in [0.25, 0.3) is 11.1 Å². The van der Waals surface area contributed by atoms with Crippen molar-refractivity contribution in [1.29, 1.82) is 0 Å². The first-order valence-corrected chi connectivity index (χ1v) is 15.3. The lowest BCUT2D eigenvalue weighted by molar-refractivity contribution is -0.118. The van der Waals surface area contributed by atoms with Crippen LogP contribution in [0.3, 0.4) is 0 Å². The zero-order valence-electron chi connectivity index (χ0n) is 23.6. The molecule has 0 spiro atoms. The van der Waals surface area contributed by atoms with Gasteiger partial charge in [-0.1, -0.05) is 61.2 Å². The van der Waals surface area contributed by atoms with Crippen LogP contribution in [-0.2, 0) is 26.0 Å². The average molecular weight is 553 g/mol. The van der Waals surface area contributed by atoms with Crippen LogP contribution in [0.15, 0.2) is 48.5 Å². The summed E-state index contributed by atoms with van der Waals surface area (Å²) in [5.41, 5.74) is 3.16. The van der Waals surface area contributed by atoms with Gasteiger partial charge in [-0.2, -0.15) is 0 Å². The van der Waals surface area contributed by atoms with Crippen molar-refractivity contribution >= 4 is 21.9 Å². The lowest BCUT2D eigenvalue weighted by Crippen LogP contribution is -2.49. The summed E-state index contributed by atoms with van der Waals surface area (Å²) in [7, 11) is -3.45. The number of hydrogen-bond donors (Lipinski definition) is 1. The summed E-state index contributed by atoms with van der Waals surface area (Å²) in [5.74, 6) is 6.53. The van der Waals surface area contributed by atoms with Crippen molar-refractivity contribution in [3.05, 3.63) is 59.7 Å². The lowest BCUT2D eigenvalue weighted by Gasteiger charge is -2.31. The molecule has 1 aliphatic rings. The predicted molar refractivity (Wildman–Crippen MR) is 155 cm³/mol. The second-order valence-electron chi connectivity index (χ2n) is 10.8. The number of likely N-dealkylation sites (tertiary alicyclic amines) is 1. The first kappa shape index (κ1) is 30.4. The number of sulfonamides is 1. The Morgan fingerprint density at radius 2 is 1.85 bits per heavy atom. The number of carbonyl (C=O) groups is 2. The van der Waals surface area contributed by atoms with Crippen LogP contribution in [0.4, 0.5) is 4.79 Å². The summed E-state index contributed by atoms with van der Waals surface area (Å²) < 4.78 is 33.3. The zero-order valence-corrected chi connectivity index (χ0v) is 24.4. The molecular weight excluding hydrogens is 512 g/mol.